The maximum absolute atomic E-state index is 12.7. The molecule has 0 atom stereocenters. The third kappa shape index (κ3) is 14.2. The number of amides is 1. The lowest BCUT2D eigenvalue weighted by Crippen LogP contribution is -2.44. The number of anilines is 1. The van der Waals surface area contributed by atoms with Gasteiger partial charge >= 0.3 is 5.97 Å². The van der Waals surface area contributed by atoms with Gasteiger partial charge in [0, 0.05) is 56.0 Å². The molecule has 1 amide bonds. The van der Waals surface area contributed by atoms with E-state index in [2.05, 4.69) is 61.4 Å². The predicted molar refractivity (Wildman–Crippen MR) is 296 cm³/mol. The number of aliphatic hydroxyl groups excluding tert-OH is 1. The first-order chi connectivity index (χ1) is 37.2. The normalized spacial score (nSPS) is 15.1. The van der Waals surface area contributed by atoms with Gasteiger partial charge in [0.15, 0.2) is 11.5 Å². The number of nitrogens with one attached hydrogen (secondary N) is 3. The van der Waals surface area contributed by atoms with Gasteiger partial charge < -0.3 is 63.7 Å². The molecule has 5 N–H and O–H groups in total. The lowest BCUT2D eigenvalue weighted by Gasteiger charge is -2.34. The Bertz CT molecular complexity index is 3200. The number of fused-ring (bicyclic) bond motifs is 2. The highest BCUT2D eigenvalue weighted by atomic mass is 32.2. The standard InChI is InChI=1S/C57H62N8O10S/c1-3-73-57(69)52-53(68)50(76-56(52)59-41-10-5-4-6-11-41)34-38-14-19-49(48(66)33-38)75-32-31-72-30-29-71-28-27-70-26-20-58-51(67)13-8-25-74-43-12-7-9-39(35-43)54-60-44-17-15-40(36-46(44)62-54)55-61-45-18-16-42(37-47(45)63-55)65-23-21-64(2)22-24-65/h4-7,9-12,14-19,33-37,66,68H,3,8,13,20-32H2,1-2H3,(H,58,67)(H,60,62)(H,61,63). The fourth-order valence-corrected chi connectivity index (χ4v) is 9.49. The minimum atomic E-state index is -0.670. The Balaban J connectivity index is 0.608. The van der Waals surface area contributed by atoms with Crippen LogP contribution in [0.5, 0.6) is 17.2 Å². The fourth-order valence-electron chi connectivity index (χ4n) is 8.46. The first-order valence-corrected chi connectivity index (χ1v) is 26.3. The van der Waals surface area contributed by atoms with E-state index in [-0.39, 0.29) is 48.6 Å². The molecule has 0 radical (unpaired) electrons. The van der Waals surface area contributed by atoms with Gasteiger partial charge in [0.1, 0.15) is 40.4 Å². The molecule has 5 aromatic carbocycles. The van der Waals surface area contributed by atoms with E-state index in [1.807, 2.05) is 54.6 Å². The Hall–Kier alpha value is -7.68. The molecule has 19 heteroatoms. The van der Waals surface area contributed by atoms with Gasteiger partial charge in [-0.1, -0.05) is 48.2 Å². The molecule has 7 aromatic rings. The number of carbonyl (C=O) groups excluding carboxylic acids is 2. The summed E-state index contributed by atoms with van der Waals surface area (Å²) in [6.07, 6.45) is 2.53. The van der Waals surface area contributed by atoms with E-state index in [9.17, 15) is 19.8 Å². The summed E-state index contributed by atoms with van der Waals surface area (Å²) in [6.45, 7) is 9.03. The number of rotatable bonds is 25. The molecule has 9 rings (SSSR count). The molecule has 18 nitrogen and oxygen atoms in total. The van der Waals surface area contributed by atoms with Gasteiger partial charge in [-0.2, -0.15) is 0 Å². The summed E-state index contributed by atoms with van der Waals surface area (Å²) < 4.78 is 33.7. The maximum atomic E-state index is 12.7. The topological polar surface area (TPSA) is 218 Å². The van der Waals surface area contributed by atoms with E-state index >= 15 is 0 Å². The quantitative estimate of drug-likeness (QED) is 0.0267. The van der Waals surface area contributed by atoms with Crippen LogP contribution >= 0.6 is 11.8 Å². The molecule has 1 saturated heterocycles. The minimum Gasteiger partial charge on any atom is -0.506 e. The molecule has 1 fully saturated rings. The van der Waals surface area contributed by atoms with Gasteiger partial charge in [-0.05, 0) is 105 Å². The summed E-state index contributed by atoms with van der Waals surface area (Å²) in [4.78, 5) is 51.6. The van der Waals surface area contributed by atoms with Crippen molar-refractivity contribution in [2.45, 2.75) is 19.8 Å². The molecule has 76 heavy (non-hydrogen) atoms. The smallest absolute Gasteiger partial charge is 0.344 e. The summed E-state index contributed by atoms with van der Waals surface area (Å²) in [7, 11) is 2.17. The SMILES string of the molecule is CCOC(=O)C1=C(O)C(=Cc2ccc(OCCOCCOCCOCCNC(=O)CCCOc3cccc(-c4nc5ccc(-c6nc7ccc(N8CCN(C)CC8)cc7[nH]6)cc5[nH]4)c3)c(O)c2)SC1=Nc1ccccc1. The zero-order chi connectivity index (χ0) is 52.6. The Kier molecular flexibility index (Phi) is 18.3. The van der Waals surface area contributed by atoms with E-state index in [1.165, 1.54) is 11.8 Å². The number of H-pyrrole nitrogens is 2. The fraction of sp³-hybridized carbons (Fsp3) is 0.316. The monoisotopic (exact) mass is 1050 g/mol. The molecule has 0 aliphatic carbocycles. The number of aromatic hydroxyl groups is 1. The molecule has 0 spiro atoms. The highest BCUT2D eigenvalue weighted by Crippen LogP contribution is 2.41. The number of piperazine rings is 1. The number of para-hydroxylation sites is 1. The number of aliphatic hydroxyl groups is 1. The zero-order valence-electron chi connectivity index (χ0n) is 42.6. The Morgan fingerprint density at radius 1 is 0.737 bits per heavy atom. The molecular formula is C57H62N8O10S. The van der Waals surface area contributed by atoms with Crippen molar-refractivity contribution in [2.24, 2.45) is 4.99 Å². The van der Waals surface area contributed by atoms with Crippen molar-refractivity contribution in [1.82, 2.24) is 30.2 Å². The van der Waals surface area contributed by atoms with Crippen molar-refractivity contribution in [1.29, 1.82) is 0 Å². The van der Waals surface area contributed by atoms with Gasteiger partial charge in [0.2, 0.25) is 5.91 Å². The first-order valence-electron chi connectivity index (χ1n) is 25.4. The number of aromatic amines is 2. The van der Waals surface area contributed by atoms with Crippen molar-refractivity contribution < 1.29 is 48.2 Å². The highest BCUT2D eigenvalue weighted by Gasteiger charge is 2.33. The summed E-state index contributed by atoms with van der Waals surface area (Å²) >= 11 is 1.13. The predicted octanol–water partition coefficient (Wildman–Crippen LogP) is 8.83. The second kappa shape index (κ2) is 26.2. The average Bonchev–Trinajstić information content (AvgIpc) is 4.15. The molecule has 0 saturated carbocycles. The number of hydrogen-bond acceptors (Lipinski definition) is 16. The largest absolute Gasteiger partial charge is 0.506 e. The summed E-state index contributed by atoms with van der Waals surface area (Å²) in [5, 5.41) is 24.8. The number of phenols is 1. The number of imidazole rings is 2. The molecule has 396 valence electrons. The number of nitrogens with zero attached hydrogens (tertiary/aromatic N) is 5. The van der Waals surface area contributed by atoms with E-state index in [4.69, 9.17) is 38.4 Å². The average molecular weight is 1050 g/mol. The maximum Gasteiger partial charge on any atom is 0.344 e. The molecule has 0 bridgehead atoms. The Morgan fingerprint density at radius 3 is 2.17 bits per heavy atom. The first kappa shape index (κ1) is 53.2. The second-order valence-electron chi connectivity index (χ2n) is 17.9. The summed E-state index contributed by atoms with van der Waals surface area (Å²) in [6, 6.07) is 34.3. The summed E-state index contributed by atoms with van der Waals surface area (Å²) in [5.74, 6) is 1.43. The number of thioether (sulfide) groups is 1. The Morgan fingerprint density at radius 2 is 1.43 bits per heavy atom. The van der Waals surface area contributed by atoms with Crippen LogP contribution in [0.4, 0.5) is 11.4 Å². The van der Waals surface area contributed by atoms with E-state index in [0.29, 0.717) is 86.0 Å². The van der Waals surface area contributed by atoms with Crippen LogP contribution in [0.15, 0.2) is 130 Å². The molecule has 0 unspecified atom stereocenters. The van der Waals surface area contributed by atoms with Crippen molar-refractivity contribution in [3.63, 3.8) is 0 Å². The van der Waals surface area contributed by atoms with Crippen LogP contribution in [0.3, 0.4) is 0 Å². The van der Waals surface area contributed by atoms with Crippen LogP contribution in [0, 0.1) is 0 Å². The number of likely N-dealkylation sites (N-methyl/N-ethyl adjacent to an activating group) is 1. The zero-order valence-corrected chi connectivity index (χ0v) is 43.4. The minimum absolute atomic E-state index is 0.00984. The number of benzene rings is 5. The third-order valence-corrected chi connectivity index (χ3v) is 13.5. The summed E-state index contributed by atoms with van der Waals surface area (Å²) in [5.41, 5.74) is 7.98. The molecule has 2 aliphatic heterocycles. The lowest BCUT2D eigenvalue weighted by molar-refractivity contribution is -0.138. The lowest BCUT2D eigenvalue weighted by atomic mass is 10.1. The van der Waals surface area contributed by atoms with Crippen LogP contribution in [-0.4, -0.2) is 151 Å². The number of hydrogen-bond donors (Lipinski definition) is 5. The highest BCUT2D eigenvalue weighted by molar-refractivity contribution is 8.18. The third-order valence-electron chi connectivity index (χ3n) is 12.4. The molecule has 2 aliphatic rings. The Labute approximate surface area is 444 Å². The van der Waals surface area contributed by atoms with Crippen LogP contribution in [0.1, 0.15) is 25.3 Å². The van der Waals surface area contributed by atoms with Crippen LogP contribution < -0.4 is 19.7 Å². The van der Waals surface area contributed by atoms with Gasteiger partial charge in [0.05, 0.1) is 85.5 Å². The van der Waals surface area contributed by atoms with Gasteiger partial charge in [-0.15, -0.1) is 0 Å². The van der Waals surface area contributed by atoms with Gasteiger partial charge in [-0.3, -0.25) is 4.79 Å². The van der Waals surface area contributed by atoms with E-state index in [1.54, 1.807) is 37.3 Å². The number of phenolic OH excluding ortho intramolecular Hbond substituents is 1. The van der Waals surface area contributed by atoms with Crippen LogP contribution in [-0.2, 0) is 28.5 Å². The van der Waals surface area contributed by atoms with Crippen molar-refractivity contribution >= 4 is 68.2 Å². The number of esters is 1. The molecular weight excluding hydrogens is 989 g/mol. The van der Waals surface area contributed by atoms with Crippen molar-refractivity contribution in [3.05, 3.63) is 131 Å². The second-order valence-corrected chi connectivity index (χ2v) is 19.0. The molecule has 2 aromatic heterocycles. The van der Waals surface area contributed by atoms with E-state index < -0.39 is 5.97 Å². The number of carbonyl (C=O) groups is 2. The number of aliphatic imine (C=N–C) groups is 1. The van der Waals surface area contributed by atoms with Crippen molar-refractivity contribution in [2.75, 3.05) is 104 Å². The van der Waals surface area contributed by atoms with Crippen molar-refractivity contribution in [3.8, 4) is 40.0 Å². The van der Waals surface area contributed by atoms with Gasteiger partial charge in [0.25, 0.3) is 0 Å². The van der Waals surface area contributed by atoms with Crippen LogP contribution in [0.25, 0.3) is 50.9 Å². The van der Waals surface area contributed by atoms with Crippen LogP contribution in [0.2, 0.25) is 0 Å². The van der Waals surface area contributed by atoms with E-state index in [0.717, 1.165) is 82.8 Å². The number of ether oxygens (including phenoxy) is 6. The van der Waals surface area contributed by atoms with Gasteiger partial charge in [-0.25, -0.2) is 19.8 Å². The number of aromatic nitrogens is 4. The molecule has 4 heterocycles.